The van der Waals surface area contributed by atoms with Crippen molar-refractivity contribution < 1.29 is 31.1 Å². The van der Waals surface area contributed by atoms with E-state index in [9.17, 15) is 0 Å². The summed E-state index contributed by atoms with van der Waals surface area (Å²) in [5.74, 6) is 5.03. The van der Waals surface area contributed by atoms with E-state index in [4.69, 9.17) is 33.1 Å². The fourth-order valence-electron chi connectivity index (χ4n) is 29.2. The largest absolute Gasteiger partial charge is 0.299 e. The van der Waals surface area contributed by atoms with Crippen LogP contribution in [0.3, 0.4) is 0 Å². The molecule has 26 aromatic rings. The van der Waals surface area contributed by atoms with Crippen molar-refractivity contribution in [3.05, 3.63) is 352 Å². The monoisotopic (exact) mass is 1950 g/mol. The smallest absolute Gasteiger partial charge is 0.220 e. The lowest BCUT2D eigenvalue weighted by atomic mass is 9.72. The first-order valence-corrected chi connectivity index (χ1v) is 53.0. The minimum atomic E-state index is -2.50. The van der Waals surface area contributed by atoms with E-state index >= 15 is 0 Å². The molecule has 34 rings (SSSR count). The molecular formula is C129H119N20+5. The molecule has 149 heavy (non-hydrogen) atoms. The van der Waals surface area contributed by atoms with Gasteiger partial charge >= 0.3 is 0 Å². The van der Waals surface area contributed by atoms with Crippen LogP contribution in [0.5, 0.6) is 0 Å². The van der Waals surface area contributed by atoms with Crippen molar-refractivity contribution in [3.63, 3.8) is 0 Å². The fourth-order valence-corrected chi connectivity index (χ4v) is 29.2. The van der Waals surface area contributed by atoms with Crippen LogP contribution in [0.25, 0.3) is 207 Å². The number of hydrogen-bond donors (Lipinski definition) is 0. The van der Waals surface area contributed by atoms with Crippen LogP contribution in [0.2, 0.25) is 0 Å². The molecule has 3 fully saturated rings. The van der Waals surface area contributed by atoms with E-state index in [0.717, 1.165) is 101 Å². The number of aryl methyl sites for hydroxylation is 13. The normalized spacial score (nSPS) is 16.7. The Kier molecular flexibility index (Phi) is 16.8. The molecule has 0 amide bonds. The standard InChI is InChI=1S/C32H31N4.C26H25N4.C25H23N4.C23H19N4.C23H21N4/c1-18-11-10-12-19(2)25(18)26-21(4)17-34(7)30-27-20(3)15-16-24-29(27)36(32(5,6)28(26)30)31-33-22-13-8-9-14-23(22)35(24)31;1-17-12-13-21-24-22(17)23-18(9-8-16-28(23)2)26(14-6-3-7-15-26)30(24)25-27-19-10-4-5-11-20(19)29(21)25;1-16-11-12-20-23-21(16)22-17(8-7-15-27(22)2)25(13-5-6-14-25)29(23)24-26-18-9-3-4-10-19(18)28(20)24;1-14-9-10-18-21-19(14)20-15(6-5-13-25(20)2)23(11-12-23)27(21)22-24-16-7-3-4-8-17(16)26(18)22;1-14-11-12-18-21-19(14)20-15(8-7-13-25(20)4)23(2,3)27(21)22-24-16-9-5-6-10-17(16)26(18)22/h8-17H,1-7H3;4-5,8-13,16H,3,6-7,14-15H2,1-2H3;3-4,7-12,15H,5-6,13-14H2,1-2H3;3-10,13H,11-12H2,1-2H3;5-13H,1-4H3/q5*+1/i1D3,4D3;;;;. The second kappa shape index (κ2) is 30.6. The SMILES string of the molecule is Cc1ccc2c3c1-c1c(ccc[n+]1C)C(C)(C)n3c1nc3ccccc3n21.Cc1ccc2c3c1-c1c(ccc[n+]1C)C1(CC1)n3c1nc3ccccc3n21.Cc1ccc2c3c1-c1c(ccc[n+]1C)C1(CCCC1)n3c1nc3ccccc3n21.Cc1ccc2c3c1-c1c(ccc[n+]1C)C1(CCCCC1)n3c1nc3ccccc3n21.[2H]C([2H])([2H])c1cccc(C)c1-c1c(C([2H])([2H])[2H])c[n+](C)c2c1C(C)(C)n1c3c-2c(C)ccc3n2c3ccccc3nc12. The number of rotatable bonds is 1. The third-order valence-corrected chi connectivity index (χ3v) is 35.7. The molecule has 0 unspecified atom stereocenters. The summed E-state index contributed by atoms with van der Waals surface area (Å²) in [6, 6.07) is 87.7. The van der Waals surface area contributed by atoms with Crippen molar-refractivity contribution in [1.29, 1.82) is 0 Å². The minimum absolute atomic E-state index is 0.000473. The van der Waals surface area contributed by atoms with Crippen molar-refractivity contribution >= 4 is 139 Å². The Bertz CT molecular complexity index is 10500. The van der Waals surface area contributed by atoms with Crippen LogP contribution in [0, 0.1) is 55.2 Å². The summed E-state index contributed by atoms with van der Waals surface area (Å²) < 4.78 is 86.4. The molecule has 730 valence electrons. The molecule has 15 aromatic heterocycles. The number of imidazole rings is 10. The second-order valence-electron chi connectivity index (χ2n) is 44.7. The zero-order valence-corrected chi connectivity index (χ0v) is 86.8. The van der Waals surface area contributed by atoms with Gasteiger partial charge in [-0.25, -0.2) is 47.8 Å². The lowest BCUT2D eigenvalue weighted by molar-refractivity contribution is -0.661. The van der Waals surface area contributed by atoms with Crippen LogP contribution in [0.15, 0.2) is 280 Å². The molecule has 0 bridgehead atoms. The molecule has 20 nitrogen and oxygen atoms in total. The highest BCUT2D eigenvalue weighted by molar-refractivity contribution is 6.08. The topological polar surface area (TPSA) is 131 Å². The quantitative estimate of drug-likeness (QED) is 0.151. The van der Waals surface area contributed by atoms with Crippen molar-refractivity contribution in [2.75, 3.05) is 0 Å². The zero-order valence-electron chi connectivity index (χ0n) is 92.8. The predicted molar refractivity (Wildman–Crippen MR) is 596 cm³/mol. The zero-order chi connectivity index (χ0) is 106. The Morgan fingerprint density at radius 1 is 0.235 bits per heavy atom. The van der Waals surface area contributed by atoms with E-state index in [1.807, 2.05) is 42.8 Å². The van der Waals surface area contributed by atoms with Crippen molar-refractivity contribution in [2.24, 2.45) is 35.2 Å². The molecule has 0 atom stereocenters. The third kappa shape index (κ3) is 11.3. The van der Waals surface area contributed by atoms with Gasteiger partial charge in [0.15, 0.2) is 31.0 Å². The summed E-state index contributed by atoms with van der Waals surface area (Å²) in [7, 11) is 10.6. The maximum Gasteiger partial charge on any atom is 0.220 e. The Morgan fingerprint density at radius 2 is 0.510 bits per heavy atom. The maximum atomic E-state index is 8.64. The summed E-state index contributed by atoms with van der Waals surface area (Å²) in [6.45, 7) is 16.7. The molecule has 5 aliphatic heterocycles. The van der Waals surface area contributed by atoms with Gasteiger partial charge in [0.2, 0.25) is 57.4 Å². The fraction of sp³-hybridized carbons (Fsp3) is 0.256. The molecule has 0 N–H and O–H groups in total. The average molecular weight is 1960 g/mol. The number of aromatic nitrogens is 20. The lowest BCUT2D eigenvalue weighted by Crippen LogP contribution is -2.44. The van der Waals surface area contributed by atoms with E-state index in [1.165, 1.54) is 221 Å². The first-order valence-electron chi connectivity index (χ1n) is 56.0. The predicted octanol–water partition coefficient (Wildman–Crippen LogP) is 25.5. The van der Waals surface area contributed by atoms with Gasteiger partial charge in [-0.15, -0.1) is 0 Å². The van der Waals surface area contributed by atoms with Crippen LogP contribution >= 0.6 is 0 Å². The summed E-state index contributed by atoms with van der Waals surface area (Å²) in [5.41, 5.74) is 49.8. The number of pyridine rings is 5. The van der Waals surface area contributed by atoms with Gasteiger partial charge in [-0.2, -0.15) is 0 Å². The first-order chi connectivity index (χ1) is 74.7. The van der Waals surface area contributed by atoms with Gasteiger partial charge in [-0.1, -0.05) is 141 Å². The summed E-state index contributed by atoms with van der Waals surface area (Å²) in [5, 5.41) is 0. The van der Waals surface area contributed by atoms with E-state index < -0.39 is 19.2 Å². The van der Waals surface area contributed by atoms with Crippen LogP contribution in [-0.2, 0) is 62.9 Å². The van der Waals surface area contributed by atoms with Crippen molar-refractivity contribution in [1.82, 2.24) is 69.8 Å². The van der Waals surface area contributed by atoms with Crippen molar-refractivity contribution in [3.8, 4) is 67.4 Å². The van der Waals surface area contributed by atoms with Gasteiger partial charge in [-0.05, 0) is 281 Å². The van der Waals surface area contributed by atoms with Gasteiger partial charge in [0, 0.05) is 43.6 Å². The van der Waals surface area contributed by atoms with E-state index in [-0.39, 0.29) is 33.3 Å². The lowest BCUT2D eigenvalue weighted by Gasteiger charge is -2.42. The average Bonchev–Trinajstić information content (AvgIpc) is 1.49. The minimum Gasteiger partial charge on any atom is -0.299 e. The molecule has 0 radical (unpaired) electrons. The number of hydrogen-bond acceptors (Lipinski definition) is 5. The van der Waals surface area contributed by atoms with Gasteiger partial charge < -0.3 is 0 Å². The molecule has 11 aromatic carbocycles. The highest BCUT2D eigenvalue weighted by atomic mass is 15.3. The maximum absolute atomic E-state index is 8.64. The van der Waals surface area contributed by atoms with Gasteiger partial charge in [0.25, 0.3) is 0 Å². The Hall–Kier alpha value is -16.5. The van der Waals surface area contributed by atoms with Crippen molar-refractivity contribution in [2.45, 2.75) is 181 Å². The summed E-state index contributed by atoms with van der Waals surface area (Å²) in [4.78, 5) is 25.6. The third-order valence-electron chi connectivity index (χ3n) is 35.7. The number of benzene rings is 11. The molecule has 3 spiro atoms. The molecule has 3 saturated carbocycles. The van der Waals surface area contributed by atoms with E-state index in [1.54, 1.807) is 18.3 Å². The molecule has 8 aliphatic rings. The van der Waals surface area contributed by atoms with Crippen LogP contribution < -0.4 is 22.8 Å². The first kappa shape index (κ1) is 81.7. The van der Waals surface area contributed by atoms with Crippen LogP contribution in [0.1, 0.15) is 179 Å². The van der Waals surface area contributed by atoms with Crippen LogP contribution in [-0.4, -0.2) is 69.8 Å². The number of fused-ring (bicyclic) bond motifs is 41. The summed E-state index contributed by atoms with van der Waals surface area (Å²) in [6.07, 6.45) is 23.9. The molecule has 3 aliphatic carbocycles. The second-order valence-corrected chi connectivity index (χ2v) is 44.7. The summed E-state index contributed by atoms with van der Waals surface area (Å²) >= 11 is 0. The highest BCUT2D eigenvalue weighted by Gasteiger charge is 2.57. The number of nitrogens with zero attached hydrogens (tertiary/aromatic N) is 20. The van der Waals surface area contributed by atoms with E-state index in [0.29, 0.717) is 16.7 Å². The Balaban J connectivity index is 0.0000000889. The Labute approximate surface area is 870 Å². The highest BCUT2D eigenvalue weighted by Crippen LogP contribution is 2.61. The van der Waals surface area contributed by atoms with E-state index in [2.05, 4.69) is 391 Å². The number of para-hydroxylation sites is 10. The van der Waals surface area contributed by atoms with Crippen LogP contribution in [0.4, 0.5) is 0 Å². The molecule has 20 heterocycles. The van der Waals surface area contributed by atoms with Gasteiger partial charge in [-0.3, -0.25) is 44.8 Å². The van der Waals surface area contributed by atoms with Gasteiger partial charge in [0.05, 0.1) is 194 Å². The van der Waals surface area contributed by atoms with Gasteiger partial charge in [0.1, 0.15) is 35.2 Å². The Morgan fingerprint density at radius 3 is 0.846 bits per heavy atom. The molecule has 20 heteroatoms. The molecule has 0 saturated heterocycles. The molecular weight excluding hydrogens is 1830 g/mol.